The molecule has 3 N–H and O–H groups in total. The molecule has 1 saturated heterocycles. The second kappa shape index (κ2) is 5.97. The number of hydrogen-bond acceptors (Lipinski definition) is 9. The molecule has 1 atom stereocenters. The van der Waals surface area contributed by atoms with E-state index in [1.54, 1.807) is 0 Å². The number of nitrogens with two attached hydrogens (primary N) is 1. The molecule has 2 aromatic rings. The van der Waals surface area contributed by atoms with E-state index in [4.69, 9.17) is 10.6 Å². The Balaban J connectivity index is 1.99. The minimum atomic E-state index is 0.232. The third-order valence-corrected chi connectivity index (χ3v) is 3.32. The van der Waals surface area contributed by atoms with E-state index in [0.717, 1.165) is 13.0 Å². The summed E-state index contributed by atoms with van der Waals surface area (Å²) in [5, 5.41) is 4.03. The topological polar surface area (TPSA) is 120 Å². The van der Waals surface area contributed by atoms with Crippen LogP contribution in [0.2, 0.25) is 0 Å². The Labute approximate surface area is 121 Å². The zero-order valence-electron chi connectivity index (χ0n) is 11.7. The molecule has 0 aliphatic carbocycles. The summed E-state index contributed by atoms with van der Waals surface area (Å²) in [6, 6.07) is 0.232. The van der Waals surface area contributed by atoms with Crippen molar-refractivity contribution in [3.05, 3.63) is 12.7 Å². The number of hydrazine groups is 1. The van der Waals surface area contributed by atoms with Gasteiger partial charge >= 0.3 is 0 Å². The van der Waals surface area contributed by atoms with Crippen molar-refractivity contribution in [1.29, 1.82) is 0 Å². The van der Waals surface area contributed by atoms with Gasteiger partial charge in [-0.25, -0.2) is 10.8 Å². The molecule has 0 spiro atoms. The summed E-state index contributed by atoms with van der Waals surface area (Å²) in [4.78, 5) is 19.0. The van der Waals surface area contributed by atoms with Crippen molar-refractivity contribution in [3.8, 4) is 5.95 Å². The number of nitrogens with one attached hydrogen (secondary N) is 1. The third-order valence-electron chi connectivity index (χ3n) is 3.32. The molecule has 3 heterocycles. The normalized spacial score (nSPS) is 18.8. The molecule has 0 aromatic carbocycles. The van der Waals surface area contributed by atoms with Gasteiger partial charge < -0.3 is 9.64 Å². The molecule has 1 aliphatic heterocycles. The molecule has 21 heavy (non-hydrogen) atoms. The van der Waals surface area contributed by atoms with Crippen molar-refractivity contribution in [3.63, 3.8) is 0 Å². The Bertz CT molecular complexity index is 587. The van der Waals surface area contributed by atoms with Gasteiger partial charge in [0.15, 0.2) is 0 Å². The van der Waals surface area contributed by atoms with Crippen molar-refractivity contribution in [2.24, 2.45) is 5.84 Å². The average Bonchev–Trinajstić information content (AvgIpc) is 3.09. The molecule has 0 saturated carbocycles. The lowest BCUT2D eigenvalue weighted by molar-refractivity contribution is 0.0921. The van der Waals surface area contributed by atoms with E-state index >= 15 is 0 Å². The van der Waals surface area contributed by atoms with Gasteiger partial charge in [-0.05, 0) is 6.42 Å². The number of hydrogen-bond donors (Lipinski definition) is 2. The fourth-order valence-electron chi connectivity index (χ4n) is 2.22. The van der Waals surface area contributed by atoms with E-state index in [-0.39, 0.29) is 12.0 Å². The zero-order valence-corrected chi connectivity index (χ0v) is 11.7. The summed E-state index contributed by atoms with van der Waals surface area (Å²) < 4.78 is 6.97. The van der Waals surface area contributed by atoms with E-state index in [9.17, 15) is 0 Å². The summed E-state index contributed by atoms with van der Waals surface area (Å²) in [5.41, 5.74) is 2.46. The van der Waals surface area contributed by atoms with Gasteiger partial charge in [-0.15, -0.1) is 0 Å². The standard InChI is InChI=1S/C11H17N9O/c1-2-8-5-21-4-3-19(8)10-15-9(18-12)16-11(17-10)20-7-13-6-14-20/h6-8H,2-5,12H2,1H3,(H,15,16,17,18). The number of ether oxygens (including phenoxy) is 1. The van der Waals surface area contributed by atoms with E-state index in [0.29, 0.717) is 25.1 Å². The van der Waals surface area contributed by atoms with Crippen LogP contribution in [0.5, 0.6) is 0 Å². The number of nitrogens with zero attached hydrogens (tertiary/aromatic N) is 7. The number of morpholine rings is 1. The zero-order chi connectivity index (χ0) is 14.7. The van der Waals surface area contributed by atoms with Crippen molar-refractivity contribution >= 4 is 11.9 Å². The van der Waals surface area contributed by atoms with Crippen LogP contribution in [0.3, 0.4) is 0 Å². The van der Waals surface area contributed by atoms with Crippen LogP contribution in [0, 0.1) is 0 Å². The molecule has 10 heteroatoms. The molecular formula is C11H17N9O. The first-order valence-corrected chi connectivity index (χ1v) is 6.74. The molecule has 10 nitrogen and oxygen atoms in total. The van der Waals surface area contributed by atoms with Gasteiger partial charge in [0.2, 0.25) is 11.9 Å². The predicted molar refractivity (Wildman–Crippen MR) is 74.8 cm³/mol. The predicted octanol–water partition coefficient (Wildman–Crippen LogP) is -0.647. The van der Waals surface area contributed by atoms with Gasteiger partial charge in [0.05, 0.1) is 19.3 Å². The van der Waals surface area contributed by atoms with Crippen LogP contribution in [-0.4, -0.2) is 55.5 Å². The monoisotopic (exact) mass is 291 g/mol. The molecule has 0 amide bonds. The highest BCUT2D eigenvalue weighted by atomic mass is 16.5. The fraction of sp³-hybridized carbons (Fsp3) is 0.545. The summed E-state index contributed by atoms with van der Waals surface area (Å²) in [6.45, 7) is 4.13. The van der Waals surface area contributed by atoms with Crippen LogP contribution in [0.4, 0.5) is 11.9 Å². The van der Waals surface area contributed by atoms with Crippen LogP contribution in [0.15, 0.2) is 12.7 Å². The molecule has 1 unspecified atom stereocenters. The van der Waals surface area contributed by atoms with E-state index in [2.05, 4.69) is 42.3 Å². The second-order valence-corrected chi connectivity index (χ2v) is 4.57. The number of anilines is 2. The lowest BCUT2D eigenvalue weighted by Crippen LogP contribution is -2.46. The second-order valence-electron chi connectivity index (χ2n) is 4.57. The van der Waals surface area contributed by atoms with Crippen LogP contribution < -0.4 is 16.2 Å². The minimum Gasteiger partial charge on any atom is -0.377 e. The first-order chi connectivity index (χ1) is 10.3. The van der Waals surface area contributed by atoms with E-state index in [1.165, 1.54) is 17.3 Å². The highest BCUT2D eigenvalue weighted by Crippen LogP contribution is 2.19. The van der Waals surface area contributed by atoms with E-state index < -0.39 is 0 Å². The lowest BCUT2D eigenvalue weighted by Gasteiger charge is -2.35. The molecule has 112 valence electrons. The molecule has 1 aliphatic rings. The summed E-state index contributed by atoms with van der Waals surface area (Å²) in [5.74, 6) is 6.65. The SMILES string of the molecule is CCC1COCCN1c1nc(NN)nc(-n2cncn2)n1. The smallest absolute Gasteiger partial charge is 0.258 e. The largest absolute Gasteiger partial charge is 0.377 e. The Morgan fingerprint density at radius 1 is 1.38 bits per heavy atom. The molecule has 3 rings (SSSR count). The van der Waals surface area contributed by atoms with Crippen LogP contribution >= 0.6 is 0 Å². The van der Waals surface area contributed by atoms with E-state index in [1.807, 2.05) is 0 Å². The Morgan fingerprint density at radius 3 is 2.95 bits per heavy atom. The minimum absolute atomic E-state index is 0.232. The van der Waals surface area contributed by atoms with Crippen molar-refractivity contribution in [1.82, 2.24) is 29.7 Å². The number of aromatic nitrogens is 6. The van der Waals surface area contributed by atoms with Crippen LogP contribution in [-0.2, 0) is 4.74 Å². The first kappa shape index (κ1) is 13.6. The fourth-order valence-corrected chi connectivity index (χ4v) is 2.22. The van der Waals surface area contributed by atoms with Crippen molar-refractivity contribution in [2.45, 2.75) is 19.4 Å². The molecule has 1 fully saturated rings. The summed E-state index contributed by atoms with van der Waals surface area (Å²) in [7, 11) is 0. The Morgan fingerprint density at radius 2 is 2.24 bits per heavy atom. The quantitative estimate of drug-likeness (QED) is 0.559. The molecular weight excluding hydrogens is 274 g/mol. The maximum atomic E-state index is 5.50. The highest BCUT2D eigenvalue weighted by molar-refractivity contribution is 5.40. The van der Waals surface area contributed by atoms with Crippen LogP contribution in [0.25, 0.3) is 5.95 Å². The summed E-state index contributed by atoms with van der Waals surface area (Å²) >= 11 is 0. The summed E-state index contributed by atoms with van der Waals surface area (Å²) in [6.07, 6.45) is 3.88. The maximum Gasteiger partial charge on any atom is 0.258 e. The van der Waals surface area contributed by atoms with Gasteiger partial charge in [0.1, 0.15) is 12.7 Å². The van der Waals surface area contributed by atoms with Gasteiger partial charge in [-0.2, -0.15) is 24.7 Å². The van der Waals surface area contributed by atoms with Crippen LogP contribution in [0.1, 0.15) is 13.3 Å². The van der Waals surface area contributed by atoms with Gasteiger partial charge in [0.25, 0.3) is 5.95 Å². The first-order valence-electron chi connectivity index (χ1n) is 6.74. The average molecular weight is 291 g/mol. The maximum absolute atomic E-state index is 5.50. The molecule has 0 bridgehead atoms. The van der Waals surface area contributed by atoms with Crippen molar-refractivity contribution < 1.29 is 4.74 Å². The Kier molecular flexibility index (Phi) is 3.88. The van der Waals surface area contributed by atoms with Gasteiger partial charge in [-0.3, -0.25) is 5.43 Å². The molecule has 2 aromatic heterocycles. The van der Waals surface area contributed by atoms with Gasteiger partial charge in [-0.1, -0.05) is 6.92 Å². The van der Waals surface area contributed by atoms with Crippen molar-refractivity contribution in [2.75, 3.05) is 30.1 Å². The third kappa shape index (κ3) is 2.76. The number of rotatable bonds is 4. The van der Waals surface area contributed by atoms with Gasteiger partial charge in [0, 0.05) is 6.54 Å². The Hall–Kier alpha value is -2.33. The number of nitrogen functional groups attached to an aromatic ring is 1. The molecule has 0 radical (unpaired) electrons. The lowest BCUT2D eigenvalue weighted by atomic mass is 10.2. The highest BCUT2D eigenvalue weighted by Gasteiger charge is 2.25.